The van der Waals surface area contributed by atoms with Crippen molar-refractivity contribution < 1.29 is 4.39 Å². The van der Waals surface area contributed by atoms with E-state index in [2.05, 4.69) is 6.07 Å². The summed E-state index contributed by atoms with van der Waals surface area (Å²) in [6.45, 7) is 1.86. The van der Waals surface area contributed by atoms with Crippen LogP contribution in [0.4, 0.5) is 4.39 Å². The second-order valence-electron chi connectivity index (χ2n) is 7.16. The SMILES string of the molecule is Cc1ccc(C23CC4CC(CC(C4)C2)C3)cc1F. The minimum Gasteiger partial charge on any atom is -0.207 e. The van der Waals surface area contributed by atoms with Gasteiger partial charge >= 0.3 is 0 Å². The Balaban J connectivity index is 1.76. The zero-order valence-electron chi connectivity index (χ0n) is 11.1. The summed E-state index contributed by atoms with van der Waals surface area (Å²) in [6.07, 6.45) is 8.32. The van der Waals surface area contributed by atoms with Gasteiger partial charge in [-0.3, -0.25) is 0 Å². The van der Waals surface area contributed by atoms with Crippen molar-refractivity contribution in [2.24, 2.45) is 17.8 Å². The molecule has 4 saturated carbocycles. The Morgan fingerprint density at radius 2 is 1.56 bits per heavy atom. The molecule has 1 aromatic carbocycles. The summed E-state index contributed by atoms with van der Waals surface area (Å²) in [4.78, 5) is 0. The molecule has 0 unspecified atom stereocenters. The van der Waals surface area contributed by atoms with Gasteiger partial charge in [-0.05, 0) is 85.8 Å². The normalized spacial score (nSPS) is 41.3. The lowest BCUT2D eigenvalue weighted by Crippen LogP contribution is -2.48. The Morgan fingerprint density at radius 3 is 2.06 bits per heavy atom. The van der Waals surface area contributed by atoms with Crippen LogP contribution in [-0.4, -0.2) is 0 Å². The fraction of sp³-hybridized carbons (Fsp3) is 0.647. The molecule has 4 aliphatic rings. The Kier molecular flexibility index (Phi) is 2.19. The fourth-order valence-electron chi connectivity index (χ4n) is 5.39. The van der Waals surface area contributed by atoms with Crippen LogP contribution in [0.15, 0.2) is 18.2 Å². The van der Waals surface area contributed by atoms with Gasteiger partial charge in [-0.1, -0.05) is 12.1 Å². The van der Waals surface area contributed by atoms with Crippen LogP contribution in [-0.2, 0) is 5.41 Å². The van der Waals surface area contributed by atoms with Crippen molar-refractivity contribution >= 4 is 0 Å². The Morgan fingerprint density at radius 1 is 1.00 bits per heavy atom. The number of hydrogen-bond acceptors (Lipinski definition) is 0. The minimum atomic E-state index is -0.0109. The smallest absolute Gasteiger partial charge is 0.126 e. The highest BCUT2D eigenvalue weighted by Gasteiger charge is 2.51. The van der Waals surface area contributed by atoms with Crippen molar-refractivity contribution in [1.29, 1.82) is 0 Å². The van der Waals surface area contributed by atoms with Crippen LogP contribution in [0.5, 0.6) is 0 Å². The maximum Gasteiger partial charge on any atom is 0.126 e. The minimum absolute atomic E-state index is 0.0109. The predicted octanol–water partition coefficient (Wildman–Crippen LogP) is 4.60. The van der Waals surface area contributed by atoms with Gasteiger partial charge in [0, 0.05) is 0 Å². The van der Waals surface area contributed by atoms with E-state index in [0.29, 0.717) is 5.41 Å². The van der Waals surface area contributed by atoms with Gasteiger partial charge in [0.2, 0.25) is 0 Å². The number of halogens is 1. The molecule has 0 spiro atoms. The molecule has 0 aromatic heterocycles. The van der Waals surface area contributed by atoms with Gasteiger partial charge in [-0.2, -0.15) is 0 Å². The molecular weight excluding hydrogens is 223 g/mol. The summed E-state index contributed by atoms with van der Waals surface area (Å²) in [6, 6.07) is 6.01. The van der Waals surface area contributed by atoms with Crippen LogP contribution >= 0.6 is 0 Å². The first-order chi connectivity index (χ1) is 8.64. The highest BCUT2D eigenvalue weighted by atomic mass is 19.1. The maximum absolute atomic E-state index is 13.9. The maximum atomic E-state index is 13.9. The summed E-state index contributed by atoms with van der Waals surface area (Å²) >= 11 is 0. The topological polar surface area (TPSA) is 0 Å². The second kappa shape index (κ2) is 3.59. The van der Waals surface area contributed by atoms with Gasteiger partial charge in [0.15, 0.2) is 0 Å². The molecule has 0 aliphatic heterocycles. The molecule has 0 heterocycles. The molecule has 0 saturated heterocycles. The van der Waals surface area contributed by atoms with E-state index in [9.17, 15) is 4.39 Å². The van der Waals surface area contributed by atoms with E-state index < -0.39 is 0 Å². The van der Waals surface area contributed by atoms with Crippen molar-refractivity contribution in [2.75, 3.05) is 0 Å². The predicted molar refractivity (Wildman–Crippen MR) is 71.0 cm³/mol. The monoisotopic (exact) mass is 244 g/mol. The molecular formula is C17H21F. The fourth-order valence-corrected chi connectivity index (χ4v) is 5.39. The highest BCUT2D eigenvalue weighted by molar-refractivity contribution is 5.32. The van der Waals surface area contributed by atoms with Crippen molar-refractivity contribution in [2.45, 2.75) is 50.9 Å². The average molecular weight is 244 g/mol. The largest absolute Gasteiger partial charge is 0.207 e. The summed E-state index contributed by atoms with van der Waals surface area (Å²) in [5.41, 5.74) is 2.41. The second-order valence-corrected chi connectivity index (χ2v) is 7.16. The van der Waals surface area contributed by atoms with E-state index in [-0.39, 0.29) is 5.82 Å². The molecule has 1 heteroatoms. The summed E-state index contributed by atoms with van der Waals surface area (Å²) < 4.78 is 13.9. The molecule has 0 amide bonds. The Hall–Kier alpha value is -0.850. The van der Waals surface area contributed by atoms with Crippen LogP contribution in [0.1, 0.15) is 49.7 Å². The highest BCUT2D eigenvalue weighted by Crippen LogP contribution is 2.60. The number of hydrogen-bond donors (Lipinski definition) is 0. The molecule has 4 fully saturated rings. The summed E-state index contributed by atoms with van der Waals surface area (Å²) in [7, 11) is 0. The van der Waals surface area contributed by atoms with E-state index >= 15 is 0 Å². The number of aryl methyl sites for hydroxylation is 1. The van der Waals surface area contributed by atoms with E-state index in [4.69, 9.17) is 0 Å². The third kappa shape index (κ3) is 1.49. The van der Waals surface area contributed by atoms with Gasteiger partial charge in [-0.15, -0.1) is 0 Å². The van der Waals surface area contributed by atoms with Crippen molar-refractivity contribution in [3.8, 4) is 0 Å². The third-order valence-electron chi connectivity index (χ3n) is 5.82. The van der Waals surface area contributed by atoms with Crippen LogP contribution < -0.4 is 0 Å². The Labute approximate surface area is 109 Å². The first-order valence-electron chi connectivity index (χ1n) is 7.41. The zero-order valence-corrected chi connectivity index (χ0v) is 11.1. The molecule has 5 rings (SSSR count). The van der Waals surface area contributed by atoms with Gasteiger partial charge < -0.3 is 0 Å². The van der Waals surface area contributed by atoms with E-state index in [1.807, 2.05) is 19.1 Å². The Bertz CT molecular complexity index is 453. The molecule has 0 radical (unpaired) electrons. The van der Waals surface area contributed by atoms with Gasteiger partial charge in [-0.25, -0.2) is 4.39 Å². The van der Waals surface area contributed by atoms with Gasteiger partial charge in [0.25, 0.3) is 0 Å². The molecule has 96 valence electrons. The van der Waals surface area contributed by atoms with Crippen molar-refractivity contribution in [3.05, 3.63) is 35.1 Å². The molecule has 0 atom stereocenters. The van der Waals surface area contributed by atoms with E-state index in [0.717, 1.165) is 23.3 Å². The molecule has 1 aromatic rings. The van der Waals surface area contributed by atoms with E-state index in [1.54, 1.807) is 0 Å². The third-order valence-corrected chi connectivity index (χ3v) is 5.82. The molecule has 0 N–H and O–H groups in total. The number of benzene rings is 1. The van der Waals surface area contributed by atoms with Crippen LogP contribution in [0, 0.1) is 30.5 Å². The first-order valence-corrected chi connectivity index (χ1v) is 7.41. The molecule has 18 heavy (non-hydrogen) atoms. The number of rotatable bonds is 1. The quantitative estimate of drug-likeness (QED) is 0.677. The van der Waals surface area contributed by atoms with E-state index in [1.165, 1.54) is 44.1 Å². The van der Waals surface area contributed by atoms with Crippen LogP contribution in [0.25, 0.3) is 0 Å². The summed E-state index contributed by atoms with van der Waals surface area (Å²) in [5, 5.41) is 0. The lowest BCUT2D eigenvalue weighted by molar-refractivity contribution is -0.00532. The lowest BCUT2D eigenvalue weighted by Gasteiger charge is -2.57. The van der Waals surface area contributed by atoms with Crippen LogP contribution in [0.2, 0.25) is 0 Å². The van der Waals surface area contributed by atoms with Crippen molar-refractivity contribution in [1.82, 2.24) is 0 Å². The first kappa shape index (κ1) is 11.0. The standard InChI is InChI=1S/C17H21F/c1-11-2-3-15(7-16(11)18)17-8-12-4-13(9-17)6-14(5-12)10-17/h2-3,7,12-14H,4-6,8-10H2,1H3. The zero-order chi connectivity index (χ0) is 12.3. The van der Waals surface area contributed by atoms with Gasteiger partial charge in [0.1, 0.15) is 5.82 Å². The van der Waals surface area contributed by atoms with Crippen LogP contribution in [0.3, 0.4) is 0 Å². The average Bonchev–Trinajstić information content (AvgIpc) is 2.31. The lowest BCUT2D eigenvalue weighted by atomic mass is 9.48. The van der Waals surface area contributed by atoms with Gasteiger partial charge in [0.05, 0.1) is 0 Å². The molecule has 0 nitrogen and oxygen atoms in total. The molecule has 4 bridgehead atoms. The summed E-state index contributed by atoms with van der Waals surface area (Å²) in [5.74, 6) is 2.78. The molecule has 4 aliphatic carbocycles. The van der Waals surface area contributed by atoms with Crippen molar-refractivity contribution in [3.63, 3.8) is 0 Å².